The van der Waals surface area contributed by atoms with E-state index in [-0.39, 0.29) is 46.4 Å². The summed E-state index contributed by atoms with van der Waals surface area (Å²) in [5.41, 5.74) is 4.42. The van der Waals surface area contributed by atoms with Crippen LogP contribution in [-0.4, -0.2) is 34.1 Å². The Labute approximate surface area is 202 Å². The van der Waals surface area contributed by atoms with Gasteiger partial charge < -0.3 is 15.3 Å². The van der Waals surface area contributed by atoms with Crippen LogP contribution in [0.4, 0.5) is 0 Å². The van der Waals surface area contributed by atoms with Crippen LogP contribution < -0.4 is 0 Å². The van der Waals surface area contributed by atoms with Crippen LogP contribution in [0.25, 0.3) is 0 Å². The Morgan fingerprint density at radius 3 is 2.30 bits per heavy atom. The molecule has 0 unspecified atom stereocenters. The fourth-order valence-corrected chi connectivity index (χ4v) is 9.48. The van der Waals surface area contributed by atoms with Crippen molar-refractivity contribution in [1.29, 1.82) is 0 Å². The highest BCUT2D eigenvalue weighted by Gasteiger charge is 2.66. The molecule has 0 aromatic heterocycles. The van der Waals surface area contributed by atoms with Crippen molar-refractivity contribution in [2.24, 2.45) is 39.4 Å². The maximum Gasteiger partial charge on any atom is 0.0639 e. The topological polar surface area (TPSA) is 60.7 Å². The second-order valence-electron chi connectivity index (χ2n) is 13.6. The second-order valence-corrected chi connectivity index (χ2v) is 13.6. The van der Waals surface area contributed by atoms with Gasteiger partial charge in [0.2, 0.25) is 0 Å². The third-order valence-electron chi connectivity index (χ3n) is 11.8. The van der Waals surface area contributed by atoms with Gasteiger partial charge in [-0.1, -0.05) is 57.4 Å². The number of aliphatic hydroxyl groups excluding tert-OH is 3. The van der Waals surface area contributed by atoms with E-state index in [0.717, 1.165) is 57.8 Å². The van der Waals surface area contributed by atoms with Gasteiger partial charge in [0.05, 0.1) is 12.2 Å². The van der Waals surface area contributed by atoms with E-state index in [1.807, 2.05) is 0 Å². The van der Waals surface area contributed by atoms with Gasteiger partial charge in [0.25, 0.3) is 0 Å². The molecular weight excluding hydrogens is 408 g/mol. The van der Waals surface area contributed by atoms with E-state index < -0.39 is 0 Å². The van der Waals surface area contributed by atoms with Crippen LogP contribution in [0.2, 0.25) is 0 Å². The lowest BCUT2D eigenvalue weighted by Gasteiger charge is -2.62. The monoisotopic (exact) mass is 458 g/mol. The summed E-state index contributed by atoms with van der Waals surface area (Å²) < 4.78 is 0. The Morgan fingerprint density at radius 2 is 1.67 bits per heavy atom. The van der Waals surface area contributed by atoms with Gasteiger partial charge in [-0.2, -0.15) is 0 Å². The molecule has 4 aliphatic rings. The zero-order valence-electron chi connectivity index (χ0n) is 22.4. The summed E-state index contributed by atoms with van der Waals surface area (Å²) in [6.07, 6.45) is 10.9. The largest absolute Gasteiger partial charge is 0.396 e. The molecule has 0 saturated heterocycles. The number of aliphatic hydroxyl groups is 3. The number of hydrogen-bond acceptors (Lipinski definition) is 3. The Kier molecular flexibility index (Phi) is 6.55. The number of rotatable bonds is 5. The molecule has 0 radical (unpaired) electrons. The molecule has 4 aliphatic carbocycles. The van der Waals surface area contributed by atoms with Gasteiger partial charge in [-0.05, 0) is 106 Å². The minimum atomic E-state index is -0.336. The lowest BCUT2D eigenvalue weighted by atomic mass is 9.43. The van der Waals surface area contributed by atoms with Gasteiger partial charge in [0.15, 0.2) is 0 Å². The first kappa shape index (κ1) is 25.5. The SMILES string of the molecule is CC(C)=CCC[C@H](CO)[C@@H]1C[C@@H](O)[C@]2(C)C3=C(CC[C@@]12C)[C@]1(C)CC[C@@H](O)C(C)(C)[C@H]1CC3. The molecular formula is C30H50O3. The molecule has 8 atom stereocenters. The van der Waals surface area contributed by atoms with E-state index in [2.05, 4.69) is 54.5 Å². The molecule has 33 heavy (non-hydrogen) atoms. The summed E-state index contributed by atoms with van der Waals surface area (Å²) in [5, 5.41) is 32.9. The predicted octanol–water partition coefficient (Wildman–Crippen LogP) is 6.42. The van der Waals surface area contributed by atoms with Crippen molar-refractivity contribution in [3.63, 3.8) is 0 Å². The van der Waals surface area contributed by atoms with E-state index in [1.54, 1.807) is 11.1 Å². The van der Waals surface area contributed by atoms with Crippen LogP contribution in [0.1, 0.15) is 106 Å². The van der Waals surface area contributed by atoms with Gasteiger partial charge >= 0.3 is 0 Å². The van der Waals surface area contributed by atoms with Crippen molar-refractivity contribution < 1.29 is 15.3 Å². The molecule has 3 N–H and O–H groups in total. The van der Waals surface area contributed by atoms with Crippen LogP contribution in [0.15, 0.2) is 22.8 Å². The Hall–Kier alpha value is -0.640. The molecule has 4 rings (SSSR count). The van der Waals surface area contributed by atoms with E-state index >= 15 is 0 Å². The van der Waals surface area contributed by atoms with Crippen molar-refractivity contribution in [2.75, 3.05) is 6.61 Å². The first-order valence-electron chi connectivity index (χ1n) is 13.7. The standard InChI is InChI=1S/C30H50O3/c1-19(2)9-8-10-20(18-31)23-17-26(33)30(7)22-11-12-24-27(3,4)25(32)14-15-28(24,5)21(22)13-16-29(23,30)6/h9,20,23-26,31-33H,8,10-18H2,1-7H3/t20-,23+,24-,25-,26-,28+,29+,30+/m1/s1. The zero-order valence-corrected chi connectivity index (χ0v) is 22.4. The third kappa shape index (κ3) is 3.54. The summed E-state index contributed by atoms with van der Waals surface area (Å²) in [6, 6.07) is 0. The second kappa shape index (κ2) is 8.49. The quantitative estimate of drug-likeness (QED) is 0.416. The Bertz CT molecular complexity index is 820. The van der Waals surface area contributed by atoms with Crippen LogP contribution >= 0.6 is 0 Å². The fourth-order valence-electron chi connectivity index (χ4n) is 9.48. The molecule has 3 nitrogen and oxygen atoms in total. The highest BCUT2D eigenvalue weighted by molar-refractivity contribution is 5.40. The average molecular weight is 459 g/mol. The van der Waals surface area contributed by atoms with Crippen molar-refractivity contribution in [2.45, 2.75) is 118 Å². The third-order valence-corrected chi connectivity index (χ3v) is 11.8. The first-order valence-corrected chi connectivity index (χ1v) is 13.7. The first-order chi connectivity index (χ1) is 15.3. The minimum absolute atomic E-state index is 0.0243. The average Bonchev–Trinajstić information content (AvgIpc) is 2.95. The summed E-state index contributed by atoms with van der Waals surface area (Å²) in [5.74, 6) is 1.11. The number of allylic oxidation sites excluding steroid dienone is 3. The van der Waals surface area contributed by atoms with Crippen LogP contribution in [0.5, 0.6) is 0 Å². The van der Waals surface area contributed by atoms with Gasteiger partial charge in [0, 0.05) is 12.0 Å². The molecule has 2 saturated carbocycles. The van der Waals surface area contributed by atoms with Crippen LogP contribution in [-0.2, 0) is 0 Å². The molecule has 0 bridgehead atoms. The maximum absolute atomic E-state index is 11.7. The minimum Gasteiger partial charge on any atom is -0.396 e. The van der Waals surface area contributed by atoms with Crippen molar-refractivity contribution in [3.05, 3.63) is 22.8 Å². The predicted molar refractivity (Wildman–Crippen MR) is 136 cm³/mol. The summed E-state index contributed by atoms with van der Waals surface area (Å²) in [4.78, 5) is 0. The lowest BCUT2D eigenvalue weighted by Crippen LogP contribution is -2.56. The summed E-state index contributed by atoms with van der Waals surface area (Å²) in [6.45, 7) is 16.3. The molecule has 3 heteroatoms. The van der Waals surface area contributed by atoms with E-state index in [1.165, 1.54) is 5.57 Å². The van der Waals surface area contributed by atoms with E-state index in [4.69, 9.17) is 0 Å². The molecule has 0 amide bonds. The normalized spacial score (nSPS) is 45.2. The Balaban J connectivity index is 1.71. The molecule has 0 heterocycles. The lowest BCUT2D eigenvalue weighted by molar-refractivity contribution is -0.100. The van der Waals surface area contributed by atoms with Crippen molar-refractivity contribution in [1.82, 2.24) is 0 Å². The molecule has 0 aliphatic heterocycles. The number of hydrogen-bond donors (Lipinski definition) is 3. The smallest absolute Gasteiger partial charge is 0.0639 e. The maximum atomic E-state index is 11.7. The van der Waals surface area contributed by atoms with Gasteiger partial charge in [-0.25, -0.2) is 0 Å². The van der Waals surface area contributed by atoms with Gasteiger partial charge in [-0.15, -0.1) is 0 Å². The fraction of sp³-hybridized carbons (Fsp3) is 0.867. The molecule has 0 spiro atoms. The van der Waals surface area contributed by atoms with E-state index in [0.29, 0.717) is 11.8 Å². The molecule has 0 aromatic rings. The molecule has 0 aromatic carbocycles. The van der Waals surface area contributed by atoms with Crippen LogP contribution in [0.3, 0.4) is 0 Å². The highest BCUT2D eigenvalue weighted by Crippen LogP contribution is 2.72. The number of fused-ring (bicyclic) bond motifs is 4. The Morgan fingerprint density at radius 1 is 0.970 bits per heavy atom. The van der Waals surface area contributed by atoms with Crippen molar-refractivity contribution >= 4 is 0 Å². The summed E-state index contributed by atoms with van der Waals surface area (Å²) in [7, 11) is 0. The molecule has 188 valence electrons. The van der Waals surface area contributed by atoms with Crippen molar-refractivity contribution in [3.8, 4) is 0 Å². The van der Waals surface area contributed by atoms with Gasteiger partial charge in [0.1, 0.15) is 0 Å². The molecule has 2 fully saturated rings. The van der Waals surface area contributed by atoms with E-state index in [9.17, 15) is 15.3 Å². The van der Waals surface area contributed by atoms with Gasteiger partial charge in [-0.3, -0.25) is 0 Å². The highest BCUT2D eigenvalue weighted by atomic mass is 16.3. The zero-order chi connectivity index (χ0) is 24.4. The van der Waals surface area contributed by atoms with Crippen LogP contribution in [0, 0.1) is 39.4 Å². The summed E-state index contributed by atoms with van der Waals surface area (Å²) >= 11 is 0.